The molecule has 0 unspecified atom stereocenters. The number of ether oxygens (including phenoxy) is 1. The van der Waals surface area contributed by atoms with Gasteiger partial charge < -0.3 is 4.74 Å². The maximum absolute atomic E-state index is 12.6. The van der Waals surface area contributed by atoms with E-state index in [0.717, 1.165) is 30.9 Å². The third-order valence-corrected chi connectivity index (χ3v) is 5.76. The third kappa shape index (κ3) is 5.65. The van der Waals surface area contributed by atoms with Crippen molar-refractivity contribution in [2.75, 3.05) is 18.4 Å². The zero-order valence-corrected chi connectivity index (χ0v) is 17.2. The number of carbonyl (C=O) groups is 1. The lowest BCUT2D eigenvalue weighted by atomic mass is 10.1. The number of benzene rings is 2. The number of piperidine rings is 1. The number of nitrogens with zero attached hydrogens (tertiary/aromatic N) is 2. The third-order valence-electron chi connectivity index (χ3n) is 4.95. The molecule has 1 aliphatic heterocycles. The van der Waals surface area contributed by atoms with E-state index < -0.39 is 0 Å². The highest BCUT2D eigenvalue weighted by Gasteiger charge is 2.14. The molecule has 1 amide bonds. The van der Waals surface area contributed by atoms with Crippen molar-refractivity contribution in [1.29, 1.82) is 0 Å². The second kappa shape index (κ2) is 9.67. The molecule has 6 heteroatoms. The van der Waals surface area contributed by atoms with Gasteiger partial charge in [0.15, 0.2) is 5.13 Å². The van der Waals surface area contributed by atoms with Crippen LogP contribution in [-0.2, 0) is 13.2 Å². The Labute approximate surface area is 175 Å². The molecular formula is C23H25N3O2S. The molecule has 1 aliphatic rings. The van der Waals surface area contributed by atoms with Crippen LogP contribution in [0.25, 0.3) is 0 Å². The highest BCUT2D eigenvalue weighted by molar-refractivity contribution is 7.13. The van der Waals surface area contributed by atoms with Crippen molar-refractivity contribution in [3.63, 3.8) is 0 Å². The van der Waals surface area contributed by atoms with Crippen molar-refractivity contribution >= 4 is 22.4 Å². The minimum absolute atomic E-state index is 0.172. The van der Waals surface area contributed by atoms with E-state index in [1.807, 2.05) is 47.8 Å². The molecule has 0 atom stereocenters. The summed E-state index contributed by atoms with van der Waals surface area (Å²) in [4.78, 5) is 19.6. The van der Waals surface area contributed by atoms with Gasteiger partial charge in [-0.25, -0.2) is 4.98 Å². The molecular weight excluding hydrogens is 382 g/mol. The first-order valence-corrected chi connectivity index (χ1v) is 10.9. The summed E-state index contributed by atoms with van der Waals surface area (Å²) in [5.41, 5.74) is 2.67. The minimum atomic E-state index is -0.172. The van der Waals surface area contributed by atoms with Crippen LogP contribution >= 0.6 is 11.3 Å². The van der Waals surface area contributed by atoms with Crippen LogP contribution in [0.3, 0.4) is 0 Å². The number of carbonyl (C=O) groups excluding carboxylic acids is 1. The Balaban J connectivity index is 1.33. The van der Waals surface area contributed by atoms with Crippen LogP contribution in [0.1, 0.15) is 40.9 Å². The summed E-state index contributed by atoms with van der Waals surface area (Å²) < 4.78 is 5.82. The highest BCUT2D eigenvalue weighted by Crippen LogP contribution is 2.21. The van der Waals surface area contributed by atoms with Crippen molar-refractivity contribution in [1.82, 2.24) is 9.88 Å². The van der Waals surface area contributed by atoms with Gasteiger partial charge in [0.05, 0.1) is 5.69 Å². The first-order chi connectivity index (χ1) is 14.3. The topological polar surface area (TPSA) is 54.5 Å². The standard InChI is InChI=1S/C23H25N3O2S/c27-22(25-23-24-20(17-29-23)15-26-12-5-2-6-13-26)19-10-7-11-21(14-19)28-16-18-8-3-1-4-9-18/h1,3-4,7-11,14,17H,2,5-6,12-13,15-16H2,(H,24,25,27). The van der Waals surface area contributed by atoms with Gasteiger partial charge in [0.2, 0.25) is 0 Å². The Bertz CT molecular complexity index is 936. The molecule has 0 radical (unpaired) electrons. The summed E-state index contributed by atoms with van der Waals surface area (Å²) in [6.45, 7) is 3.59. The Morgan fingerprint density at radius 2 is 1.90 bits per heavy atom. The van der Waals surface area contributed by atoms with Gasteiger partial charge >= 0.3 is 0 Å². The van der Waals surface area contributed by atoms with Crippen molar-refractivity contribution in [3.8, 4) is 5.75 Å². The molecule has 0 aliphatic carbocycles. The normalized spacial score (nSPS) is 14.5. The average Bonchev–Trinajstić information content (AvgIpc) is 3.20. The van der Waals surface area contributed by atoms with Gasteiger partial charge in [-0.3, -0.25) is 15.0 Å². The van der Waals surface area contributed by atoms with Gasteiger partial charge in [0.25, 0.3) is 5.91 Å². The van der Waals surface area contributed by atoms with Crippen LogP contribution in [-0.4, -0.2) is 28.9 Å². The maximum Gasteiger partial charge on any atom is 0.257 e. The van der Waals surface area contributed by atoms with Crippen molar-refractivity contribution in [3.05, 3.63) is 76.8 Å². The first kappa shape index (κ1) is 19.6. The van der Waals surface area contributed by atoms with E-state index in [9.17, 15) is 4.79 Å². The molecule has 3 aromatic rings. The van der Waals surface area contributed by atoms with Crippen LogP contribution < -0.4 is 10.1 Å². The molecule has 29 heavy (non-hydrogen) atoms. The van der Waals surface area contributed by atoms with E-state index >= 15 is 0 Å². The highest BCUT2D eigenvalue weighted by atomic mass is 32.1. The first-order valence-electron chi connectivity index (χ1n) is 10.0. The quantitative estimate of drug-likeness (QED) is 0.601. The van der Waals surface area contributed by atoms with E-state index in [1.54, 1.807) is 12.1 Å². The summed E-state index contributed by atoms with van der Waals surface area (Å²) in [6.07, 6.45) is 3.84. The summed E-state index contributed by atoms with van der Waals surface area (Å²) in [6, 6.07) is 17.2. The number of hydrogen-bond donors (Lipinski definition) is 1. The number of rotatable bonds is 7. The average molecular weight is 408 g/mol. The van der Waals surface area contributed by atoms with Crippen LogP contribution in [0.4, 0.5) is 5.13 Å². The van der Waals surface area contributed by atoms with E-state index in [1.165, 1.54) is 30.6 Å². The molecule has 1 fully saturated rings. The molecule has 1 aromatic heterocycles. The fraction of sp³-hybridized carbons (Fsp3) is 0.304. The summed E-state index contributed by atoms with van der Waals surface area (Å²) in [7, 11) is 0. The summed E-state index contributed by atoms with van der Waals surface area (Å²) in [5, 5.41) is 5.58. The van der Waals surface area contributed by atoms with Gasteiger partial charge in [-0.15, -0.1) is 11.3 Å². The Hall–Kier alpha value is -2.70. The Morgan fingerprint density at radius 1 is 1.07 bits per heavy atom. The van der Waals surface area contributed by atoms with Crippen LogP contribution in [0, 0.1) is 0 Å². The predicted octanol–water partition coefficient (Wildman–Crippen LogP) is 4.96. The van der Waals surface area contributed by atoms with Crippen molar-refractivity contribution in [2.45, 2.75) is 32.4 Å². The van der Waals surface area contributed by atoms with E-state index in [-0.39, 0.29) is 5.91 Å². The van der Waals surface area contributed by atoms with Gasteiger partial charge in [-0.1, -0.05) is 42.8 Å². The van der Waals surface area contributed by atoms with E-state index in [2.05, 4.69) is 15.2 Å². The number of amides is 1. The number of nitrogens with one attached hydrogen (secondary N) is 1. The van der Waals surface area contributed by atoms with Gasteiger partial charge in [-0.2, -0.15) is 0 Å². The lowest BCUT2D eigenvalue weighted by molar-refractivity contribution is 0.102. The molecule has 2 heterocycles. The molecule has 1 saturated heterocycles. The summed E-state index contributed by atoms with van der Waals surface area (Å²) >= 11 is 1.47. The van der Waals surface area contributed by atoms with Crippen LogP contribution in [0.15, 0.2) is 60.0 Å². The molecule has 4 rings (SSSR count). The molecule has 0 saturated carbocycles. The lowest BCUT2D eigenvalue weighted by Crippen LogP contribution is -2.29. The SMILES string of the molecule is O=C(Nc1nc(CN2CCCCC2)cs1)c1cccc(OCc2ccccc2)c1. The molecule has 2 aromatic carbocycles. The lowest BCUT2D eigenvalue weighted by Gasteiger charge is -2.25. The Kier molecular flexibility index (Phi) is 6.54. The van der Waals surface area contributed by atoms with E-state index in [4.69, 9.17) is 4.74 Å². The second-order valence-electron chi connectivity index (χ2n) is 7.24. The molecule has 5 nitrogen and oxygen atoms in total. The predicted molar refractivity (Wildman–Crippen MR) is 116 cm³/mol. The number of aromatic nitrogens is 1. The summed E-state index contributed by atoms with van der Waals surface area (Å²) in [5.74, 6) is 0.500. The van der Waals surface area contributed by atoms with Gasteiger partial charge in [-0.05, 0) is 49.7 Å². The fourth-order valence-corrected chi connectivity index (χ4v) is 4.12. The number of hydrogen-bond acceptors (Lipinski definition) is 5. The zero-order chi connectivity index (χ0) is 19.9. The minimum Gasteiger partial charge on any atom is -0.489 e. The maximum atomic E-state index is 12.6. The molecule has 150 valence electrons. The number of thiazole rings is 1. The van der Waals surface area contributed by atoms with Crippen molar-refractivity contribution in [2.24, 2.45) is 0 Å². The zero-order valence-electron chi connectivity index (χ0n) is 16.3. The molecule has 1 N–H and O–H groups in total. The smallest absolute Gasteiger partial charge is 0.257 e. The number of likely N-dealkylation sites (tertiary alicyclic amines) is 1. The second-order valence-corrected chi connectivity index (χ2v) is 8.10. The molecule has 0 bridgehead atoms. The fourth-order valence-electron chi connectivity index (χ4n) is 3.42. The number of anilines is 1. The monoisotopic (exact) mass is 407 g/mol. The van der Waals surface area contributed by atoms with E-state index in [0.29, 0.717) is 23.1 Å². The Morgan fingerprint density at radius 3 is 2.72 bits per heavy atom. The largest absolute Gasteiger partial charge is 0.489 e. The van der Waals surface area contributed by atoms with Crippen molar-refractivity contribution < 1.29 is 9.53 Å². The van der Waals surface area contributed by atoms with Crippen LogP contribution in [0.5, 0.6) is 5.75 Å². The van der Waals surface area contributed by atoms with Gasteiger partial charge in [0.1, 0.15) is 12.4 Å². The molecule has 0 spiro atoms. The van der Waals surface area contributed by atoms with Crippen LogP contribution in [0.2, 0.25) is 0 Å². The van der Waals surface area contributed by atoms with Gasteiger partial charge in [0, 0.05) is 17.5 Å².